The molecule has 0 aliphatic rings. The SMILES string of the molecule is Cc1ccc(C(F)(F)Oc2ccc(S(F)(F)(F)(F)F)c(F)c2)c(F)c1. The van der Waals surface area contributed by atoms with Gasteiger partial charge in [-0.15, -0.1) is 0 Å². The van der Waals surface area contributed by atoms with E-state index in [1.807, 2.05) is 0 Å². The Morgan fingerprint density at radius 3 is 1.92 bits per heavy atom. The quantitative estimate of drug-likeness (QED) is 0.503. The van der Waals surface area contributed by atoms with Crippen LogP contribution in [-0.2, 0) is 6.11 Å². The Balaban J connectivity index is 2.40. The molecule has 0 aromatic heterocycles. The standard InChI is InChI=1S/C14H9F9OS/c1-8-2-4-10(11(15)6-8)14(17,18)24-9-3-5-13(12(16)7-9)25(19,20,21,22)23/h2-7H,1H3. The predicted molar refractivity (Wildman–Crippen MR) is 73.5 cm³/mol. The third-order valence-electron chi connectivity index (χ3n) is 3.00. The van der Waals surface area contributed by atoms with Crippen molar-refractivity contribution in [1.29, 1.82) is 0 Å². The van der Waals surface area contributed by atoms with Gasteiger partial charge in [-0.3, -0.25) is 0 Å². The highest BCUT2D eigenvalue weighted by atomic mass is 32.5. The highest BCUT2D eigenvalue weighted by molar-refractivity contribution is 8.45. The molecule has 0 atom stereocenters. The Hall–Kier alpha value is -2.04. The Morgan fingerprint density at radius 1 is 0.840 bits per heavy atom. The van der Waals surface area contributed by atoms with Gasteiger partial charge >= 0.3 is 16.3 Å². The molecule has 0 fully saturated rings. The van der Waals surface area contributed by atoms with Crippen molar-refractivity contribution in [2.45, 2.75) is 17.9 Å². The lowest BCUT2D eigenvalue weighted by Crippen LogP contribution is -2.23. The summed E-state index contributed by atoms with van der Waals surface area (Å²) in [5, 5.41) is 0. The third-order valence-corrected chi connectivity index (χ3v) is 4.17. The molecule has 2 aromatic rings. The minimum absolute atomic E-state index is 0.0936. The number of benzene rings is 2. The van der Waals surface area contributed by atoms with Crippen LogP contribution in [0.25, 0.3) is 0 Å². The third kappa shape index (κ3) is 4.33. The van der Waals surface area contributed by atoms with Crippen LogP contribution in [0.3, 0.4) is 0 Å². The minimum atomic E-state index is -10.3. The first-order chi connectivity index (χ1) is 11.0. The maximum atomic E-state index is 13.9. The Bertz CT molecular complexity index is 831. The van der Waals surface area contributed by atoms with E-state index in [4.69, 9.17) is 0 Å². The predicted octanol–water partition coefficient (Wildman–Crippen LogP) is 7.06. The van der Waals surface area contributed by atoms with Crippen molar-refractivity contribution in [3.63, 3.8) is 0 Å². The van der Waals surface area contributed by atoms with E-state index in [9.17, 15) is 37.0 Å². The van der Waals surface area contributed by atoms with E-state index in [1.54, 1.807) is 0 Å². The fourth-order valence-corrected chi connectivity index (χ4v) is 2.67. The molecule has 1 nitrogen and oxygen atoms in total. The molecule has 0 heterocycles. The number of halogens is 9. The van der Waals surface area contributed by atoms with E-state index in [1.165, 1.54) is 6.92 Å². The molecule has 0 saturated carbocycles. The zero-order valence-corrected chi connectivity index (χ0v) is 13.0. The molecule has 0 aliphatic carbocycles. The second-order valence-corrected chi connectivity index (χ2v) is 7.54. The summed E-state index contributed by atoms with van der Waals surface area (Å²) in [5.41, 5.74) is -0.946. The molecule has 0 saturated heterocycles. The molecule has 11 heteroatoms. The highest BCUT2D eigenvalue weighted by Crippen LogP contribution is 3.02. The molecular weight excluding hydrogens is 387 g/mol. The zero-order valence-electron chi connectivity index (χ0n) is 12.2. The van der Waals surface area contributed by atoms with Crippen LogP contribution in [-0.4, -0.2) is 0 Å². The minimum Gasteiger partial charge on any atom is -0.429 e. The van der Waals surface area contributed by atoms with Crippen LogP contribution in [0.1, 0.15) is 11.1 Å². The highest BCUT2D eigenvalue weighted by Gasteiger charge is 2.67. The molecule has 0 unspecified atom stereocenters. The van der Waals surface area contributed by atoms with Gasteiger partial charge in [-0.05, 0) is 36.8 Å². The zero-order chi connectivity index (χ0) is 19.3. The summed E-state index contributed by atoms with van der Waals surface area (Å²) >= 11 is 0. The maximum Gasteiger partial charge on any atom is 0.429 e. The van der Waals surface area contributed by atoms with Crippen LogP contribution in [0.5, 0.6) is 5.75 Å². The molecule has 0 amide bonds. The average Bonchev–Trinajstić information content (AvgIpc) is 2.33. The Kier molecular flexibility index (Phi) is 3.85. The van der Waals surface area contributed by atoms with Crippen LogP contribution >= 0.6 is 10.2 Å². The number of hydrogen-bond acceptors (Lipinski definition) is 1. The van der Waals surface area contributed by atoms with Gasteiger partial charge in [0.05, 0.1) is 5.56 Å². The van der Waals surface area contributed by atoms with Gasteiger partial charge in [-0.1, -0.05) is 25.5 Å². The molecule has 2 aromatic carbocycles. The molecule has 0 spiro atoms. The number of hydrogen-bond donors (Lipinski definition) is 0. The largest absolute Gasteiger partial charge is 0.429 e. The van der Waals surface area contributed by atoms with Gasteiger partial charge < -0.3 is 4.74 Å². The van der Waals surface area contributed by atoms with E-state index < -0.39 is 50.2 Å². The van der Waals surface area contributed by atoms with Crippen LogP contribution in [0.15, 0.2) is 41.3 Å². The van der Waals surface area contributed by atoms with Crippen LogP contribution in [0.4, 0.5) is 37.0 Å². The number of ether oxygens (including phenoxy) is 1. The van der Waals surface area contributed by atoms with E-state index in [2.05, 4.69) is 4.74 Å². The van der Waals surface area contributed by atoms with Crippen LogP contribution in [0.2, 0.25) is 0 Å². The van der Waals surface area contributed by atoms with Crippen LogP contribution in [0, 0.1) is 18.6 Å². The molecular formula is C14H9F9OS. The lowest BCUT2D eigenvalue weighted by atomic mass is 10.1. The van der Waals surface area contributed by atoms with Crippen molar-refractivity contribution >= 4 is 10.2 Å². The first-order valence-corrected chi connectivity index (χ1v) is 8.32. The molecule has 0 radical (unpaired) electrons. The van der Waals surface area contributed by atoms with Gasteiger partial charge in [0, 0.05) is 6.07 Å². The van der Waals surface area contributed by atoms with Gasteiger partial charge in [0.2, 0.25) is 0 Å². The molecule has 0 N–H and O–H groups in total. The maximum absolute atomic E-state index is 13.9. The summed E-state index contributed by atoms with van der Waals surface area (Å²) in [6.45, 7) is 1.42. The monoisotopic (exact) mass is 396 g/mol. The second-order valence-electron chi connectivity index (χ2n) is 5.16. The van der Waals surface area contributed by atoms with Crippen molar-refractivity contribution in [3.8, 4) is 5.75 Å². The summed E-state index contributed by atoms with van der Waals surface area (Å²) in [5.74, 6) is -5.04. The van der Waals surface area contributed by atoms with E-state index >= 15 is 0 Å². The molecule has 0 bridgehead atoms. The molecule has 140 valence electrons. The molecule has 0 aliphatic heterocycles. The summed E-state index contributed by atoms with van der Waals surface area (Å²) in [7, 11) is -10.3. The first kappa shape index (κ1) is 19.3. The Morgan fingerprint density at radius 2 is 1.44 bits per heavy atom. The van der Waals surface area contributed by atoms with Crippen molar-refractivity contribution < 1.29 is 41.7 Å². The smallest absolute Gasteiger partial charge is 0.429 e. The molecule has 2 rings (SSSR count). The van der Waals surface area contributed by atoms with Crippen molar-refractivity contribution in [1.82, 2.24) is 0 Å². The van der Waals surface area contributed by atoms with Crippen molar-refractivity contribution in [2.75, 3.05) is 0 Å². The van der Waals surface area contributed by atoms with Gasteiger partial charge in [-0.2, -0.15) is 8.78 Å². The van der Waals surface area contributed by atoms with Crippen molar-refractivity contribution in [3.05, 3.63) is 59.2 Å². The number of aryl methyl sites for hydroxylation is 1. The number of rotatable bonds is 4. The number of alkyl halides is 2. The van der Waals surface area contributed by atoms with Gasteiger partial charge in [0.1, 0.15) is 22.3 Å². The van der Waals surface area contributed by atoms with Crippen molar-refractivity contribution in [2.24, 2.45) is 0 Å². The van der Waals surface area contributed by atoms with Gasteiger partial charge in [-0.25, -0.2) is 8.78 Å². The van der Waals surface area contributed by atoms with E-state index in [-0.39, 0.29) is 12.1 Å². The fourth-order valence-electron chi connectivity index (χ4n) is 1.92. The lowest BCUT2D eigenvalue weighted by molar-refractivity contribution is -0.187. The topological polar surface area (TPSA) is 9.23 Å². The first-order valence-electron chi connectivity index (χ1n) is 6.37. The fraction of sp³-hybridized carbons (Fsp3) is 0.143. The van der Waals surface area contributed by atoms with Gasteiger partial charge in [0.25, 0.3) is 0 Å². The molecule has 25 heavy (non-hydrogen) atoms. The summed E-state index contributed by atoms with van der Waals surface area (Å²) in [6.07, 6.45) is -4.37. The Labute approximate surface area is 135 Å². The summed E-state index contributed by atoms with van der Waals surface area (Å²) < 4.78 is 122. The normalized spacial score (nSPS) is 15.4. The van der Waals surface area contributed by atoms with E-state index in [0.717, 1.165) is 12.1 Å². The van der Waals surface area contributed by atoms with E-state index in [0.29, 0.717) is 11.6 Å². The summed E-state index contributed by atoms with van der Waals surface area (Å²) in [4.78, 5) is -2.86. The van der Waals surface area contributed by atoms with Crippen LogP contribution < -0.4 is 4.74 Å². The lowest BCUT2D eigenvalue weighted by Gasteiger charge is -2.40. The average molecular weight is 396 g/mol. The van der Waals surface area contributed by atoms with Gasteiger partial charge in [0.15, 0.2) is 0 Å². The summed E-state index contributed by atoms with van der Waals surface area (Å²) in [6, 6.07) is 1.96. The second kappa shape index (κ2) is 4.99.